The van der Waals surface area contributed by atoms with Crippen molar-refractivity contribution in [1.29, 1.82) is 5.26 Å². The van der Waals surface area contributed by atoms with E-state index in [-0.39, 0.29) is 12.6 Å². The van der Waals surface area contributed by atoms with Crippen molar-refractivity contribution in [2.75, 3.05) is 11.4 Å². The van der Waals surface area contributed by atoms with Crippen LogP contribution in [0.3, 0.4) is 0 Å². The van der Waals surface area contributed by atoms with Gasteiger partial charge in [0.1, 0.15) is 0 Å². The summed E-state index contributed by atoms with van der Waals surface area (Å²) in [6.45, 7) is 0.209. The molecular formula is C21H19N5OS. The largest absolute Gasteiger partial charge is 0.386 e. The zero-order valence-corrected chi connectivity index (χ0v) is 15.9. The number of nitrogens with zero attached hydrogens (tertiary/aromatic N) is 4. The number of para-hydroxylation sites is 1. The van der Waals surface area contributed by atoms with Gasteiger partial charge in [-0.15, -0.1) is 0 Å². The number of guanidine groups is 1. The van der Waals surface area contributed by atoms with E-state index < -0.39 is 6.10 Å². The summed E-state index contributed by atoms with van der Waals surface area (Å²) >= 11 is 1.56. The van der Waals surface area contributed by atoms with Gasteiger partial charge in [0.2, 0.25) is 5.96 Å². The van der Waals surface area contributed by atoms with Gasteiger partial charge in [-0.3, -0.25) is 4.90 Å². The monoisotopic (exact) mass is 389 g/mol. The molecule has 3 aromatic rings. The molecule has 0 radical (unpaired) electrons. The molecule has 2 unspecified atom stereocenters. The first-order chi connectivity index (χ1) is 13.8. The van der Waals surface area contributed by atoms with Crippen molar-refractivity contribution in [3.63, 3.8) is 0 Å². The second kappa shape index (κ2) is 8.21. The molecule has 1 aliphatic rings. The van der Waals surface area contributed by atoms with Crippen molar-refractivity contribution in [3.8, 4) is 6.07 Å². The number of aliphatic imine (C=N–C) groups is 1. The first kappa shape index (κ1) is 18.2. The summed E-state index contributed by atoms with van der Waals surface area (Å²) in [6.07, 6.45) is 3.34. The van der Waals surface area contributed by atoms with E-state index in [0.29, 0.717) is 12.4 Å². The maximum Gasteiger partial charge on any atom is 0.205 e. The molecule has 1 aromatic heterocycles. The van der Waals surface area contributed by atoms with E-state index in [9.17, 15) is 10.4 Å². The summed E-state index contributed by atoms with van der Waals surface area (Å²) in [5.74, 6) is 0.580. The zero-order chi connectivity index (χ0) is 19.3. The van der Waals surface area contributed by atoms with Gasteiger partial charge in [0.25, 0.3) is 0 Å². The van der Waals surface area contributed by atoms with Gasteiger partial charge in [-0.05, 0) is 23.8 Å². The molecule has 0 spiro atoms. The van der Waals surface area contributed by atoms with Crippen molar-refractivity contribution < 1.29 is 5.11 Å². The second-order valence-electron chi connectivity index (χ2n) is 6.36. The Kier molecular flexibility index (Phi) is 5.33. The summed E-state index contributed by atoms with van der Waals surface area (Å²) in [6, 6.07) is 19.5. The van der Waals surface area contributed by atoms with Gasteiger partial charge in [0, 0.05) is 6.20 Å². The minimum Gasteiger partial charge on any atom is -0.386 e. The van der Waals surface area contributed by atoms with E-state index in [0.717, 1.165) is 20.9 Å². The summed E-state index contributed by atoms with van der Waals surface area (Å²) < 4.78 is 1.08. The molecule has 2 heterocycles. The Bertz CT molecular complexity index is 1020. The standard InChI is InChI=1S/C21H19N5OS/c22-12-10-16-11-13-23-20(24-14-18(27)15-6-2-1-3-7-15)26(16)21-25-17-8-4-5-9-19(17)28-21/h1-9,11,13,16,18,27H,10,14H2,(H,23,24). The molecule has 1 aliphatic heterocycles. The van der Waals surface area contributed by atoms with Crippen LogP contribution in [-0.2, 0) is 0 Å². The molecule has 4 rings (SSSR count). The number of aromatic nitrogens is 1. The number of hydrogen-bond donors (Lipinski definition) is 2. The molecule has 0 bridgehead atoms. The minimum atomic E-state index is -0.701. The first-order valence-corrected chi connectivity index (χ1v) is 9.80. The van der Waals surface area contributed by atoms with Crippen LogP contribution in [0.1, 0.15) is 18.1 Å². The topological polar surface area (TPSA) is 84.5 Å². The Balaban J connectivity index is 1.66. The molecule has 0 amide bonds. The van der Waals surface area contributed by atoms with Crippen molar-refractivity contribution in [2.24, 2.45) is 4.99 Å². The normalized spacial score (nSPS) is 18.8. The van der Waals surface area contributed by atoms with E-state index in [2.05, 4.69) is 16.4 Å². The highest BCUT2D eigenvalue weighted by Crippen LogP contribution is 2.31. The van der Waals surface area contributed by atoms with Gasteiger partial charge in [0.05, 0.1) is 41.4 Å². The van der Waals surface area contributed by atoms with E-state index in [1.807, 2.05) is 65.6 Å². The lowest BCUT2D eigenvalue weighted by Gasteiger charge is -2.32. The Labute approximate surface area is 167 Å². The van der Waals surface area contributed by atoms with Crippen molar-refractivity contribution in [3.05, 3.63) is 72.4 Å². The van der Waals surface area contributed by atoms with Crippen LogP contribution in [0.4, 0.5) is 5.13 Å². The van der Waals surface area contributed by atoms with Crippen molar-refractivity contribution in [1.82, 2.24) is 10.3 Å². The van der Waals surface area contributed by atoms with E-state index in [4.69, 9.17) is 4.98 Å². The lowest BCUT2D eigenvalue weighted by atomic mass is 10.1. The van der Waals surface area contributed by atoms with Gasteiger partial charge in [-0.25, -0.2) is 9.98 Å². The van der Waals surface area contributed by atoms with E-state index >= 15 is 0 Å². The number of hydrogen-bond acceptors (Lipinski definition) is 5. The van der Waals surface area contributed by atoms with Gasteiger partial charge >= 0.3 is 0 Å². The molecular weight excluding hydrogens is 370 g/mol. The minimum absolute atomic E-state index is 0.167. The van der Waals surface area contributed by atoms with E-state index in [1.165, 1.54) is 0 Å². The molecule has 140 valence electrons. The predicted octanol–water partition coefficient (Wildman–Crippen LogP) is 3.59. The third-order valence-corrected chi connectivity index (χ3v) is 5.51. The van der Waals surface area contributed by atoms with Crippen LogP contribution in [0.2, 0.25) is 0 Å². The molecule has 0 aliphatic carbocycles. The number of aliphatic hydroxyl groups is 1. The molecule has 0 saturated heterocycles. The SMILES string of the molecule is N#CCC1C=CNC(=NCC(O)c2ccccc2)N1c1nc2ccccc2s1. The molecule has 0 fully saturated rings. The highest BCUT2D eigenvalue weighted by atomic mass is 32.1. The quantitative estimate of drug-likeness (QED) is 0.697. The molecule has 2 aromatic carbocycles. The first-order valence-electron chi connectivity index (χ1n) is 8.98. The van der Waals surface area contributed by atoms with Gasteiger partial charge < -0.3 is 10.4 Å². The summed E-state index contributed by atoms with van der Waals surface area (Å²) in [4.78, 5) is 11.3. The van der Waals surface area contributed by atoms with Gasteiger partial charge in [-0.1, -0.05) is 53.8 Å². The lowest BCUT2D eigenvalue weighted by molar-refractivity contribution is 0.187. The fraction of sp³-hybridized carbons (Fsp3) is 0.190. The highest BCUT2D eigenvalue weighted by molar-refractivity contribution is 7.22. The van der Waals surface area contributed by atoms with Crippen molar-refractivity contribution >= 4 is 32.6 Å². The van der Waals surface area contributed by atoms with Crippen LogP contribution in [0, 0.1) is 11.3 Å². The second-order valence-corrected chi connectivity index (χ2v) is 7.37. The third-order valence-electron chi connectivity index (χ3n) is 4.48. The summed E-state index contributed by atoms with van der Waals surface area (Å²) in [5, 5.41) is 23.6. The Morgan fingerprint density at radius 1 is 1.21 bits per heavy atom. The molecule has 28 heavy (non-hydrogen) atoms. The van der Waals surface area contributed by atoms with Crippen LogP contribution in [0.15, 0.2) is 71.9 Å². The number of thiazole rings is 1. The fourth-order valence-electron chi connectivity index (χ4n) is 3.07. The molecule has 2 N–H and O–H groups in total. The fourth-order valence-corrected chi connectivity index (χ4v) is 4.10. The average molecular weight is 389 g/mol. The van der Waals surface area contributed by atoms with Gasteiger partial charge in [-0.2, -0.15) is 5.26 Å². The Morgan fingerprint density at radius 2 is 2.00 bits per heavy atom. The molecule has 7 heteroatoms. The van der Waals surface area contributed by atoms with Crippen molar-refractivity contribution in [2.45, 2.75) is 18.6 Å². The number of rotatable bonds is 5. The lowest BCUT2D eigenvalue weighted by Crippen LogP contribution is -2.48. The van der Waals surface area contributed by atoms with Gasteiger partial charge in [0.15, 0.2) is 5.13 Å². The number of nitriles is 1. The summed E-state index contributed by atoms with van der Waals surface area (Å²) in [5.41, 5.74) is 1.73. The van der Waals surface area contributed by atoms with Crippen LogP contribution in [-0.4, -0.2) is 28.6 Å². The van der Waals surface area contributed by atoms with Crippen LogP contribution in [0.5, 0.6) is 0 Å². The third kappa shape index (κ3) is 3.74. The summed E-state index contributed by atoms with van der Waals surface area (Å²) in [7, 11) is 0. The Hall–Kier alpha value is -3.21. The molecule has 6 nitrogen and oxygen atoms in total. The Morgan fingerprint density at radius 3 is 2.79 bits per heavy atom. The van der Waals surface area contributed by atoms with Crippen LogP contribution in [0.25, 0.3) is 10.2 Å². The molecule has 0 saturated carbocycles. The number of anilines is 1. The number of nitrogens with one attached hydrogen (secondary N) is 1. The average Bonchev–Trinajstić information content (AvgIpc) is 3.16. The van der Waals surface area contributed by atoms with E-state index in [1.54, 1.807) is 17.5 Å². The zero-order valence-electron chi connectivity index (χ0n) is 15.1. The highest BCUT2D eigenvalue weighted by Gasteiger charge is 2.27. The number of aliphatic hydroxyl groups excluding tert-OH is 1. The van der Waals surface area contributed by atoms with Crippen LogP contribution >= 0.6 is 11.3 Å². The number of fused-ring (bicyclic) bond motifs is 1. The smallest absolute Gasteiger partial charge is 0.205 e. The number of benzene rings is 2. The maximum atomic E-state index is 10.5. The predicted molar refractivity (Wildman–Crippen MR) is 112 cm³/mol. The maximum absolute atomic E-state index is 10.5. The van der Waals surface area contributed by atoms with Crippen LogP contribution < -0.4 is 10.2 Å². The molecule has 2 atom stereocenters.